The predicted octanol–water partition coefficient (Wildman–Crippen LogP) is 2.78. The van der Waals surface area contributed by atoms with Crippen LogP contribution in [0.15, 0.2) is 16.6 Å². The molecule has 0 bridgehead atoms. The smallest absolute Gasteiger partial charge is 0.137 e. The SMILES string of the molecule is COc1cc(CC(C)N)cc(OC)c1Br.Cl. The van der Waals surface area contributed by atoms with Gasteiger partial charge in [0, 0.05) is 6.04 Å². The zero-order chi connectivity index (χ0) is 11.4. The highest BCUT2D eigenvalue weighted by molar-refractivity contribution is 9.10. The molecule has 5 heteroatoms. The lowest BCUT2D eigenvalue weighted by Crippen LogP contribution is -2.17. The van der Waals surface area contributed by atoms with Crippen molar-refractivity contribution in [3.63, 3.8) is 0 Å². The van der Waals surface area contributed by atoms with E-state index in [1.54, 1.807) is 14.2 Å². The van der Waals surface area contributed by atoms with Crippen LogP contribution in [-0.4, -0.2) is 20.3 Å². The molecule has 0 amide bonds. The van der Waals surface area contributed by atoms with E-state index in [1.165, 1.54) is 0 Å². The minimum atomic E-state index is 0. The second kappa shape index (κ2) is 6.99. The van der Waals surface area contributed by atoms with Crippen LogP contribution in [0.5, 0.6) is 11.5 Å². The van der Waals surface area contributed by atoms with Crippen LogP contribution < -0.4 is 15.2 Å². The molecule has 0 aliphatic rings. The lowest BCUT2D eigenvalue weighted by atomic mass is 10.1. The first-order chi connectivity index (χ1) is 7.08. The van der Waals surface area contributed by atoms with Crippen molar-refractivity contribution in [2.45, 2.75) is 19.4 Å². The van der Waals surface area contributed by atoms with Crippen molar-refractivity contribution in [1.29, 1.82) is 0 Å². The molecular weight excluding hydrogens is 293 g/mol. The first-order valence-electron chi connectivity index (χ1n) is 4.74. The Morgan fingerprint density at radius 3 is 2.00 bits per heavy atom. The van der Waals surface area contributed by atoms with Crippen LogP contribution in [0.3, 0.4) is 0 Å². The molecule has 0 aliphatic carbocycles. The summed E-state index contributed by atoms with van der Waals surface area (Å²) >= 11 is 3.42. The average Bonchev–Trinajstić information content (AvgIpc) is 2.19. The monoisotopic (exact) mass is 309 g/mol. The summed E-state index contributed by atoms with van der Waals surface area (Å²) in [4.78, 5) is 0. The number of benzene rings is 1. The highest BCUT2D eigenvalue weighted by Gasteiger charge is 2.10. The van der Waals surface area contributed by atoms with Gasteiger partial charge >= 0.3 is 0 Å². The summed E-state index contributed by atoms with van der Waals surface area (Å²) in [5.74, 6) is 1.54. The Balaban J connectivity index is 0.00000225. The Kier molecular flexibility index (Phi) is 6.79. The highest BCUT2D eigenvalue weighted by atomic mass is 79.9. The zero-order valence-electron chi connectivity index (χ0n) is 9.62. The van der Waals surface area contributed by atoms with Gasteiger partial charge in [-0.3, -0.25) is 0 Å². The maximum absolute atomic E-state index is 5.75. The highest BCUT2D eigenvalue weighted by Crippen LogP contribution is 2.35. The fraction of sp³-hybridized carbons (Fsp3) is 0.455. The van der Waals surface area contributed by atoms with Gasteiger partial charge in [0.15, 0.2) is 0 Å². The fourth-order valence-corrected chi connectivity index (χ4v) is 1.97. The van der Waals surface area contributed by atoms with Gasteiger partial charge in [-0.1, -0.05) is 0 Å². The fourth-order valence-electron chi connectivity index (χ4n) is 1.41. The summed E-state index contributed by atoms with van der Waals surface area (Å²) in [6.07, 6.45) is 0.806. The van der Waals surface area contributed by atoms with E-state index in [2.05, 4.69) is 15.9 Å². The first-order valence-corrected chi connectivity index (χ1v) is 5.53. The van der Waals surface area contributed by atoms with E-state index in [-0.39, 0.29) is 18.4 Å². The van der Waals surface area contributed by atoms with Gasteiger partial charge in [-0.15, -0.1) is 12.4 Å². The van der Waals surface area contributed by atoms with Gasteiger partial charge in [0.05, 0.1) is 14.2 Å². The van der Waals surface area contributed by atoms with Crippen LogP contribution in [0.2, 0.25) is 0 Å². The molecule has 0 aromatic heterocycles. The second-order valence-electron chi connectivity index (χ2n) is 3.50. The third-order valence-electron chi connectivity index (χ3n) is 2.06. The number of rotatable bonds is 4. The number of hydrogen-bond donors (Lipinski definition) is 1. The van der Waals surface area contributed by atoms with Crippen LogP contribution in [0.25, 0.3) is 0 Å². The lowest BCUT2D eigenvalue weighted by molar-refractivity contribution is 0.388. The van der Waals surface area contributed by atoms with Gasteiger partial charge < -0.3 is 15.2 Å². The molecule has 3 nitrogen and oxygen atoms in total. The molecule has 92 valence electrons. The van der Waals surface area contributed by atoms with Gasteiger partial charge in [-0.2, -0.15) is 0 Å². The maximum atomic E-state index is 5.75. The molecule has 0 saturated heterocycles. The molecule has 0 heterocycles. The number of halogens is 2. The van der Waals surface area contributed by atoms with Crippen LogP contribution in [-0.2, 0) is 6.42 Å². The van der Waals surface area contributed by atoms with Crippen molar-refractivity contribution in [2.75, 3.05) is 14.2 Å². The molecular formula is C11H17BrClNO2. The third-order valence-corrected chi connectivity index (χ3v) is 2.84. The van der Waals surface area contributed by atoms with Gasteiger partial charge in [-0.05, 0) is 47.0 Å². The normalized spacial score (nSPS) is 11.6. The van der Waals surface area contributed by atoms with Gasteiger partial charge in [0.25, 0.3) is 0 Å². The molecule has 2 N–H and O–H groups in total. The van der Waals surface area contributed by atoms with Gasteiger partial charge in [-0.25, -0.2) is 0 Å². The topological polar surface area (TPSA) is 44.5 Å². The summed E-state index contributed by atoms with van der Waals surface area (Å²) in [7, 11) is 3.27. The quantitative estimate of drug-likeness (QED) is 0.930. The molecule has 1 aromatic carbocycles. The van der Waals surface area contributed by atoms with Crippen LogP contribution >= 0.6 is 28.3 Å². The van der Waals surface area contributed by atoms with Crippen molar-refractivity contribution in [3.05, 3.63) is 22.2 Å². The Morgan fingerprint density at radius 2 is 1.69 bits per heavy atom. The predicted molar refractivity (Wildman–Crippen MR) is 71.8 cm³/mol. The minimum absolute atomic E-state index is 0. The number of hydrogen-bond acceptors (Lipinski definition) is 3. The van der Waals surface area contributed by atoms with Crippen molar-refractivity contribution < 1.29 is 9.47 Å². The molecule has 1 atom stereocenters. The summed E-state index contributed by atoms with van der Waals surface area (Å²) in [5, 5.41) is 0. The van der Waals surface area contributed by atoms with Crippen molar-refractivity contribution in [2.24, 2.45) is 5.73 Å². The molecule has 0 spiro atoms. The number of nitrogens with two attached hydrogens (primary N) is 1. The molecule has 16 heavy (non-hydrogen) atoms. The van der Waals surface area contributed by atoms with E-state index in [9.17, 15) is 0 Å². The van der Waals surface area contributed by atoms with Gasteiger partial charge in [0.2, 0.25) is 0 Å². The van der Waals surface area contributed by atoms with E-state index in [4.69, 9.17) is 15.2 Å². The Morgan fingerprint density at radius 1 is 1.25 bits per heavy atom. The number of methoxy groups -OCH3 is 2. The number of ether oxygens (including phenoxy) is 2. The molecule has 0 aliphatic heterocycles. The van der Waals surface area contributed by atoms with Crippen molar-refractivity contribution >= 4 is 28.3 Å². The largest absolute Gasteiger partial charge is 0.495 e. The van der Waals surface area contributed by atoms with Crippen LogP contribution in [0.1, 0.15) is 12.5 Å². The van der Waals surface area contributed by atoms with Crippen LogP contribution in [0.4, 0.5) is 0 Å². The molecule has 0 radical (unpaired) electrons. The maximum Gasteiger partial charge on any atom is 0.137 e. The standard InChI is InChI=1S/C11H16BrNO2.ClH/c1-7(13)4-8-5-9(14-2)11(12)10(6-8)15-3;/h5-7H,4,13H2,1-3H3;1H. The van der Waals surface area contributed by atoms with Crippen molar-refractivity contribution in [3.8, 4) is 11.5 Å². The molecule has 1 unspecified atom stereocenters. The summed E-state index contributed by atoms with van der Waals surface area (Å²) in [5.41, 5.74) is 6.87. The average molecular weight is 311 g/mol. The van der Waals surface area contributed by atoms with E-state index in [0.29, 0.717) is 0 Å². The second-order valence-corrected chi connectivity index (χ2v) is 4.29. The van der Waals surface area contributed by atoms with E-state index in [1.807, 2.05) is 19.1 Å². The van der Waals surface area contributed by atoms with E-state index in [0.717, 1.165) is 28.0 Å². The summed E-state index contributed by atoms with van der Waals surface area (Å²) < 4.78 is 11.3. The Bertz CT molecular complexity index is 320. The Labute approximate surface area is 111 Å². The third kappa shape index (κ3) is 3.85. The summed E-state index contributed by atoms with van der Waals surface area (Å²) in [6.45, 7) is 1.97. The lowest BCUT2D eigenvalue weighted by Gasteiger charge is -2.12. The minimum Gasteiger partial charge on any atom is -0.495 e. The van der Waals surface area contributed by atoms with E-state index >= 15 is 0 Å². The van der Waals surface area contributed by atoms with Gasteiger partial charge in [0.1, 0.15) is 16.0 Å². The van der Waals surface area contributed by atoms with Crippen molar-refractivity contribution in [1.82, 2.24) is 0 Å². The molecule has 1 aromatic rings. The zero-order valence-corrected chi connectivity index (χ0v) is 12.0. The first kappa shape index (κ1) is 15.5. The molecule has 1 rings (SSSR count). The molecule has 0 fully saturated rings. The van der Waals surface area contributed by atoms with E-state index < -0.39 is 0 Å². The Hall–Kier alpha value is -0.450. The summed E-state index contributed by atoms with van der Waals surface area (Å²) in [6, 6.07) is 4.06. The molecule has 0 saturated carbocycles. The van der Waals surface area contributed by atoms with Crippen LogP contribution in [0, 0.1) is 0 Å².